The van der Waals surface area contributed by atoms with E-state index in [4.69, 9.17) is 23.2 Å². The van der Waals surface area contributed by atoms with Crippen LogP contribution in [0.15, 0.2) is 51.8 Å². The van der Waals surface area contributed by atoms with E-state index in [0.29, 0.717) is 20.5 Å². The number of rotatable bonds is 4. The first kappa shape index (κ1) is 15.7. The molecule has 0 aliphatic heterocycles. The normalized spacial score (nSPS) is 12.2. The highest BCUT2D eigenvalue weighted by Gasteiger charge is 2.13. The van der Waals surface area contributed by atoms with Crippen molar-refractivity contribution >= 4 is 55.7 Å². The maximum atomic E-state index is 12.2. The second kappa shape index (κ2) is 6.85. The van der Waals surface area contributed by atoms with Crippen LogP contribution in [0.3, 0.4) is 0 Å². The monoisotopic (exact) mass is 390 g/mol. The van der Waals surface area contributed by atoms with Gasteiger partial charge in [-0.15, -0.1) is 0 Å². The van der Waals surface area contributed by atoms with Crippen molar-refractivity contribution in [2.75, 3.05) is 5.75 Å². The number of carbonyl (C=O) groups excluding carboxylic acids is 1. The number of ketones is 1. The number of carbonyl (C=O) groups is 1. The maximum Gasteiger partial charge on any atom is 0.175 e. The molecule has 104 valence electrons. The van der Waals surface area contributed by atoms with Gasteiger partial charge >= 0.3 is 0 Å². The van der Waals surface area contributed by atoms with Gasteiger partial charge in [0.05, 0.1) is 26.6 Å². The molecule has 0 aliphatic rings. The van der Waals surface area contributed by atoms with Crippen molar-refractivity contribution < 1.29 is 9.00 Å². The molecule has 0 bridgehead atoms. The summed E-state index contributed by atoms with van der Waals surface area (Å²) < 4.78 is 13.0. The van der Waals surface area contributed by atoms with Crippen LogP contribution in [0.1, 0.15) is 10.4 Å². The van der Waals surface area contributed by atoms with E-state index in [1.54, 1.807) is 30.3 Å². The quantitative estimate of drug-likeness (QED) is 0.705. The topological polar surface area (TPSA) is 34.1 Å². The van der Waals surface area contributed by atoms with Crippen molar-refractivity contribution in [3.8, 4) is 0 Å². The molecule has 0 fully saturated rings. The highest BCUT2D eigenvalue weighted by Crippen LogP contribution is 2.24. The largest absolute Gasteiger partial charge is 0.293 e. The van der Waals surface area contributed by atoms with Gasteiger partial charge in [0.2, 0.25) is 0 Å². The summed E-state index contributed by atoms with van der Waals surface area (Å²) in [5.74, 6) is -0.273. The van der Waals surface area contributed by atoms with E-state index < -0.39 is 10.8 Å². The Labute approximate surface area is 137 Å². The Hall–Kier alpha value is -0.680. The summed E-state index contributed by atoms with van der Waals surface area (Å²) in [6.07, 6.45) is 0. The molecule has 0 amide bonds. The molecule has 1 unspecified atom stereocenters. The van der Waals surface area contributed by atoms with Crippen LogP contribution in [0.25, 0.3) is 0 Å². The summed E-state index contributed by atoms with van der Waals surface area (Å²) in [7, 11) is -1.45. The molecular formula is C14H9BrCl2O2S. The van der Waals surface area contributed by atoms with Gasteiger partial charge in [0, 0.05) is 14.9 Å². The molecule has 6 heteroatoms. The van der Waals surface area contributed by atoms with Crippen molar-refractivity contribution in [1.29, 1.82) is 0 Å². The minimum absolute atomic E-state index is 0.0889. The van der Waals surface area contributed by atoms with E-state index in [1.807, 2.05) is 6.07 Å². The Balaban J connectivity index is 2.15. The van der Waals surface area contributed by atoms with E-state index in [1.165, 1.54) is 6.07 Å². The number of benzene rings is 2. The minimum Gasteiger partial charge on any atom is -0.293 e. The zero-order chi connectivity index (χ0) is 14.7. The van der Waals surface area contributed by atoms with Crippen LogP contribution in [0, 0.1) is 0 Å². The van der Waals surface area contributed by atoms with E-state index in [9.17, 15) is 9.00 Å². The molecule has 2 aromatic rings. The van der Waals surface area contributed by atoms with Crippen molar-refractivity contribution in [2.45, 2.75) is 4.90 Å². The number of Topliss-reactive ketones (excluding diaryl/α,β-unsaturated/α-hetero) is 1. The molecule has 2 rings (SSSR count). The molecule has 0 saturated carbocycles. The molecule has 0 heterocycles. The molecule has 0 aliphatic carbocycles. The third-order valence-electron chi connectivity index (χ3n) is 2.56. The Kier molecular flexibility index (Phi) is 5.38. The van der Waals surface area contributed by atoms with Gasteiger partial charge in [-0.2, -0.15) is 0 Å². The van der Waals surface area contributed by atoms with Crippen LogP contribution in [-0.4, -0.2) is 15.7 Å². The summed E-state index contributed by atoms with van der Waals surface area (Å²) in [6.45, 7) is 0. The minimum atomic E-state index is -1.45. The second-order valence-electron chi connectivity index (χ2n) is 4.00. The van der Waals surface area contributed by atoms with Gasteiger partial charge in [-0.3, -0.25) is 9.00 Å². The molecule has 1 atom stereocenters. The third kappa shape index (κ3) is 3.92. The third-order valence-corrected chi connectivity index (χ3v) is 5.10. The average Bonchev–Trinajstić information content (AvgIpc) is 2.41. The molecule has 20 heavy (non-hydrogen) atoms. The Morgan fingerprint density at radius 3 is 2.50 bits per heavy atom. The van der Waals surface area contributed by atoms with Crippen molar-refractivity contribution in [3.05, 3.63) is 62.5 Å². The van der Waals surface area contributed by atoms with Gasteiger partial charge < -0.3 is 0 Å². The molecule has 0 N–H and O–H groups in total. The molecule has 2 nitrogen and oxygen atoms in total. The second-order valence-corrected chi connectivity index (χ2v) is 7.18. The van der Waals surface area contributed by atoms with Gasteiger partial charge in [0.25, 0.3) is 0 Å². The smallest absolute Gasteiger partial charge is 0.175 e. The number of hydrogen-bond acceptors (Lipinski definition) is 2. The molecule has 0 saturated heterocycles. The van der Waals surface area contributed by atoms with Gasteiger partial charge in [0.1, 0.15) is 0 Å². The van der Waals surface area contributed by atoms with Gasteiger partial charge in [-0.25, -0.2) is 0 Å². The van der Waals surface area contributed by atoms with Crippen LogP contribution in [0.4, 0.5) is 0 Å². The lowest BCUT2D eigenvalue weighted by Crippen LogP contribution is -2.11. The lowest BCUT2D eigenvalue weighted by Gasteiger charge is -2.04. The summed E-state index contributed by atoms with van der Waals surface area (Å²) in [6, 6.07) is 11.7. The maximum absolute atomic E-state index is 12.2. The van der Waals surface area contributed by atoms with Crippen LogP contribution in [-0.2, 0) is 10.8 Å². The molecule has 0 aromatic heterocycles. The average molecular weight is 392 g/mol. The fourth-order valence-corrected chi connectivity index (χ4v) is 3.37. The summed E-state index contributed by atoms with van der Waals surface area (Å²) in [5, 5.41) is 0.721. The van der Waals surface area contributed by atoms with Crippen LogP contribution in [0.5, 0.6) is 0 Å². The number of hydrogen-bond donors (Lipinski definition) is 0. The fraction of sp³-hybridized carbons (Fsp3) is 0.0714. The predicted molar refractivity (Wildman–Crippen MR) is 86.2 cm³/mol. The van der Waals surface area contributed by atoms with Crippen molar-refractivity contribution in [2.24, 2.45) is 0 Å². The first-order chi connectivity index (χ1) is 9.47. The highest BCUT2D eigenvalue weighted by molar-refractivity contribution is 9.10. The standard InChI is InChI=1S/C14H9BrCl2O2S/c15-10-3-1-2-9(6-10)14(18)8-20(19)11-4-5-12(16)13(17)7-11/h1-7H,8H2. The van der Waals surface area contributed by atoms with E-state index in [2.05, 4.69) is 15.9 Å². The van der Waals surface area contributed by atoms with Crippen LogP contribution in [0.2, 0.25) is 10.0 Å². The highest BCUT2D eigenvalue weighted by atomic mass is 79.9. The number of halogens is 3. The Bertz CT molecular complexity index is 689. The van der Waals surface area contributed by atoms with Crippen LogP contribution < -0.4 is 0 Å². The van der Waals surface area contributed by atoms with Gasteiger partial charge in [-0.1, -0.05) is 51.3 Å². The summed E-state index contributed by atoms with van der Waals surface area (Å²) in [5.41, 5.74) is 0.521. The van der Waals surface area contributed by atoms with Crippen molar-refractivity contribution in [3.63, 3.8) is 0 Å². The van der Waals surface area contributed by atoms with Gasteiger partial charge in [0.15, 0.2) is 5.78 Å². The summed E-state index contributed by atoms with van der Waals surface area (Å²) in [4.78, 5) is 12.5. The Morgan fingerprint density at radius 2 is 1.85 bits per heavy atom. The zero-order valence-electron chi connectivity index (χ0n) is 10.1. The molecular weight excluding hydrogens is 383 g/mol. The molecule has 0 spiro atoms. The first-order valence-electron chi connectivity index (χ1n) is 5.59. The zero-order valence-corrected chi connectivity index (χ0v) is 14.0. The first-order valence-corrected chi connectivity index (χ1v) is 8.46. The summed E-state index contributed by atoms with van der Waals surface area (Å²) >= 11 is 15.0. The lowest BCUT2D eigenvalue weighted by atomic mass is 10.2. The Morgan fingerprint density at radius 1 is 1.10 bits per heavy atom. The van der Waals surface area contributed by atoms with E-state index in [0.717, 1.165) is 4.47 Å². The van der Waals surface area contributed by atoms with E-state index in [-0.39, 0.29) is 11.5 Å². The molecule has 2 aromatic carbocycles. The fourth-order valence-electron chi connectivity index (χ4n) is 1.57. The van der Waals surface area contributed by atoms with E-state index >= 15 is 0 Å². The molecule has 0 radical (unpaired) electrons. The van der Waals surface area contributed by atoms with Crippen LogP contribution >= 0.6 is 39.1 Å². The lowest BCUT2D eigenvalue weighted by molar-refractivity contribution is 0.102. The van der Waals surface area contributed by atoms with Crippen molar-refractivity contribution in [1.82, 2.24) is 0 Å². The van der Waals surface area contributed by atoms with Gasteiger partial charge in [-0.05, 0) is 30.3 Å². The SMILES string of the molecule is O=C(CS(=O)c1ccc(Cl)c(Cl)c1)c1cccc(Br)c1. The predicted octanol–water partition coefficient (Wildman–Crippen LogP) is 4.75.